The number of anilines is 1. The number of nitrogens with one attached hydrogen (secondary N) is 1. The summed E-state index contributed by atoms with van der Waals surface area (Å²) >= 11 is 5.17. The van der Waals surface area contributed by atoms with Crippen molar-refractivity contribution in [1.82, 2.24) is 0 Å². The molecule has 122 valence electrons. The maximum absolute atomic E-state index is 12.3. The average Bonchev–Trinajstić information content (AvgIpc) is 2.56. The van der Waals surface area contributed by atoms with Crippen LogP contribution < -0.4 is 5.32 Å². The van der Waals surface area contributed by atoms with Crippen LogP contribution in [0.1, 0.15) is 30.5 Å². The molecule has 23 heavy (non-hydrogen) atoms. The number of aryl methyl sites for hydroxylation is 2. The first-order chi connectivity index (χ1) is 11.2. The lowest BCUT2D eigenvalue weighted by molar-refractivity contribution is -0.113. The van der Waals surface area contributed by atoms with E-state index in [1.54, 1.807) is 11.8 Å². The normalized spacial score (nSPS) is 10.6. The maximum Gasteiger partial charge on any atom is 0.234 e. The third kappa shape index (κ3) is 5.11. The van der Waals surface area contributed by atoms with Crippen molar-refractivity contribution in [1.29, 1.82) is 0 Å². The minimum atomic E-state index is 0.0673. The number of halogens is 1. The van der Waals surface area contributed by atoms with E-state index in [0.29, 0.717) is 5.75 Å². The Bertz CT molecular complexity index is 650. The highest BCUT2D eigenvalue weighted by Crippen LogP contribution is 2.24. The molecule has 2 nitrogen and oxygen atoms in total. The van der Waals surface area contributed by atoms with Crippen molar-refractivity contribution < 1.29 is 4.79 Å². The van der Waals surface area contributed by atoms with Crippen LogP contribution >= 0.6 is 27.7 Å². The second-order valence-corrected chi connectivity index (χ2v) is 7.13. The number of hydrogen-bond donors (Lipinski definition) is 1. The van der Waals surface area contributed by atoms with Gasteiger partial charge in [0.25, 0.3) is 0 Å². The largest absolute Gasteiger partial charge is 0.325 e. The molecule has 1 amide bonds. The minimum absolute atomic E-state index is 0.0673. The van der Waals surface area contributed by atoms with Gasteiger partial charge in [0, 0.05) is 15.9 Å². The van der Waals surface area contributed by atoms with Gasteiger partial charge in [0.2, 0.25) is 5.91 Å². The Morgan fingerprint density at radius 1 is 1.00 bits per heavy atom. The van der Waals surface area contributed by atoms with Crippen molar-refractivity contribution in [2.24, 2.45) is 0 Å². The van der Waals surface area contributed by atoms with Crippen LogP contribution in [0.5, 0.6) is 0 Å². The molecule has 0 atom stereocenters. The van der Waals surface area contributed by atoms with Crippen molar-refractivity contribution in [2.45, 2.75) is 32.4 Å². The summed E-state index contributed by atoms with van der Waals surface area (Å²) in [4.78, 5) is 12.3. The Balaban J connectivity index is 1.94. The van der Waals surface area contributed by atoms with E-state index in [4.69, 9.17) is 0 Å². The van der Waals surface area contributed by atoms with Gasteiger partial charge < -0.3 is 5.32 Å². The summed E-state index contributed by atoms with van der Waals surface area (Å²) in [6.07, 6.45) is 1.85. The molecule has 0 aliphatic carbocycles. The quantitative estimate of drug-likeness (QED) is 0.679. The molecule has 0 unspecified atom stereocenters. The summed E-state index contributed by atoms with van der Waals surface area (Å²) in [5.41, 5.74) is 4.62. The van der Waals surface area contributed by atoms with E-state index in [0.717, 1.165) is 28.8 Å². The highest BCUT2D eigenvalue weighted by Gasteiger charge is 2.10. The number of hydrogen-bond acceptors (Lipinski definition) is 2. The fourth-order valence-corrected chi connectivity index (χ4v) is 3.89. The van der Waals surface area contributed by atoms with Crippen molar-refractivity contribution in [3.8, 4) is 0 Å². The van der Waals surface area contributed by atoms with E-state index in [-0.39, 0.29) is 5.91 Å². The maximum atomic E-state index is 12.3. The molecule has 0 radical (unpaired) electrons. The lowest BCUT2D eigenvalue weighted by Gasteiger charge is -2.14. The van der Waals surface area contributed by atoms with Crippen molar-refractivity contribution in [3.63, 3.8) is 0 Å². The van der Waals surface area contributed by atoms with Gasteiger partial charge in [-0.15, -0.1) is 11.8 Å². The molecule has 0 saturated heterocycles. The topological polar surface area (TPSA) is 29.1 Å². The van der Waals surface area contributed by atoms with Crippen LogP contribution in [0.25, 0.3) is 0 Å². The Morgan fingerprint density at radius 2 is 1.61 bits per heavy atom. The van der Waals surface area contributed by atoms with Gasteiger partial charge >= 0.3 is 0 Å². The Hall–Kier alpha value is -1.26. The van der Waals surface area contributed by atoms with Gasteiger partial charge in [-0.05, 0) is 35.6 Å². The lowest BCUT2D eigenvalue weighted by Crippen LogP contribution is -2.16. The Kier molecular flexibility index (Phi) is 7.18. The summed E-state index contributed by atoms with van der Waals surface area (Å²) in [6, 6.07) is 14.4. The van der Waals surface area contributed by atoms with Crippen LogP contribution in [0.15, 0.2) is 46.9 Å². The van der Waals surface area contributed by atoms with Crippen molar-refractivity contribution >= 4 is 39.3 Å². The first kappa shape index (κ1) is 18.1. The van der Waals surface area contributed by atoms with Crippen molar-refractivity contribution in [3.05, 3.63) is 63.6 Å². The van der Waals surface area contributed by atoms with Gasteiger partial charge in [-0.3, -0.25) is 4.79 Å². The average molecular weight is 392 g/mol. The van der Waals surface area contributed by atoms with Crippen molar-refractivity contribution in [2.75, 3.05) is 11.1 Å². The molecule has 2 rings (SSSR count). The molecule has 1 N–H and O–H groups in total. The highest BCUT2D eigenvalue weighted by atomic mass is 79.9. The van der Waals surface area contributed by atoms with Gasteiger partial charge in [0.05, 0.1) is 5.75 Å². The summed E-state index contributed by atoms with van der Waals surface area (Å²) in [6.45, 7) is 4.23. The van der Waals surface area contributed by atoms with Gasteiger partial charge in [-0.2, -0.15) is 0 Å². The number of rotatable bonds is 7. The molecule has 0 heterocycles. The number of amides is 1. The molecule has 4 heteroatoms. The van der Waals surface area contributed by atoms with E-state index in [2.05, 4.69) is 59.4 Å². The lowest BCUT2D eigenvalue weighted by atomic mass is 10.0. The second kappa shape index (κ2) is 9.14. The van der Waals surface area contributed by atoms with E-state index in [9.17, 15) is 4.79 Å². The van der Waals surface area contributed by atoms with Gasteiger partial charge in [-0.1, -0.05) is 66.2 Å². The van der Waals surface area contributed by atoms with Gasteiger partial charge in [-0.25, -0.2) is 0 Å². The third-order valence-corrected chi connectivity index (χ3v) is 5.47. The van der Waals surface area contributed by atoms with Crippen LogP contribution in [-0.4, -0.2) is 11.7 Å². The number of benzene rings is 2. The predicted molar refractivity (Wildman–Crippen MR) is 104 cm³/mol. The summed E-state index contributed by atoms with van der Waals surface area (Å²) in [5, 5.41) is 3.11. The van der Waals surface area contributed by atoms with Crippen LogP contribution in [0.2, 0.25) is 0 Å². The second-order valence-electron chi connectivity index (χ2n) is 5.29. The van der Waals surface area contributed by atoms with Crippen LogP contribution in [0.3, 0.4) is 0 Å². The number of carbonyl (C=O) groups excluding carboxylic acids is 1. The molecule has 0 saturated carbocycles. The minimum Gasteiger partial charge on any atom is -0.325 e. The molecule has 2 aromatic rings. The molecule has 2 aromatic carbocycles. The monoisotopic (exact) mass is 391 g/mol. The number of para-hydroxylation sites is 1. The summed E-state index contributed by atoms with van der Waals surface area (Å²) in [7, 11) is 0. The summed E-state index contributed by atoms with van der Waals surface area (Å²) in [5.74, 6) is 1.35. The SMILES string of the molecule is CCc1cccc(CC)c1NC(=O)CSCc1ccccc1Br. The Morgan fingerprint density at radius 3 is 2.22 bits per heavy atom. The van der Waals surface area contributed by atoms with E-state index in [1.165, 1.54) is 16.7 Å². The molecule has 0 aliphatic heterocycles. The predicted octanol–water partition coefficient (Wildman–Crippen LogP) is 5.45. The number of thioether (sulfide) groups is 1. The first-order valence-corrected chi connectivity index (χ1v) is 9.82. The van der Waals surface area contributed by atoms with Crippen LogP contribution in [0, 0.1) is 0 Å². The zero-order valence-corrected chi connectivity index (χ0v) is 16.0. The summed E-state index contributed by atoms with van der Waals surface area (Å²) < 4.78 is 1.09. The molecule has 0 aliphatic rings. The van der Waals surface area contributed by atoms with E-state index < -0.39 is 0 Å². The van der Waals surface area contributed by atoms with Gasteiger partial charge in [0.15, 0.2) is 0 Å². The van der Waals surface area contributed by atoms with Crippen LogP contribution in [-0.2, 0) is 23.4 Å². The molecule has 0 fully saturated rings. The number of carbonyl (C=O) groups is 1. The first-order valence-electron chi connectivity index (χ1n) is 7.87. The van der Waals surface area contributed by atoms with Gasteiger partial charge in [0.1, 0.15) is 0 Å². The molecule has 0 bridgehead atoms. The van der Waals surface area contributed by atoms with Crippen LogP contribution in [0.4, 0.5) is 5.69 Å². The fourth-order valence-electron chi connectivity index (χ4n) is 2.45. The zero-order chi connectivity index (χ0) is 16.7. The van der Waals surface area contributed by atoms with E-state index in [1.807, 2.05) is 18.2 Å². The molecular weight excluding hydrogens is 370 g/mol. The standard InChI is InChI=1S/C19H22BrNOS/c1-3-14-9-7-10-15(4-2)19(14)21-18(22)13-23-12-16-8-5-6-11-17(16)20/h5-11H,3-4,12-13H2,1-2H3,(H,21,22). The molecule has 0 spiro atoms. The van der Waals surface area contributed by atoms with E-state index >= 15 is 0 Å². The molecular formula is C19H22BrNOS. The Labute approximate surface area is 151 Å². The third-order valence-electron chi connectivity index (χ3n) is 3.71. The fraction of sp³-hybridized carbons (Fsp3) is 0.316. The smallest absolute Gasteiger partial charge is 0.234 e. The highest BCUT2D eigenvalue weighted by molar-refractivity contribution is 9.10. The zero-order valence-electron chi connectivity index (χ0n) is 13.6. The molecule has 0 aromatic heterocycles.